The summed E-state index contributed by atoms with van der Waals surface area (Å²) >= 11 is 0. The van der Waals surface area contributed by atoms with Gasteiger partial charge in [-0.1, -0.05) is 13.8 Å². The number of aromatic nitrogens is 2. The van der Waals surface area contributed by atoms with E-state index in [9.17, 15) is 4.39 Å². The molecule has 0 saturated carbocycles. The lowest BCUT2D eigenvalue weighted by molar-refractivity contribution is 0.335. The second-order valence-corrected chi connectivity index (χ2v) is 10.4. The standard InChI is InChI=1S/C29H38FN5O2/c1-8-37-26-15-20(4)25(16-23(26)19(2)3)32-27-24(30)17-31-28(33-27)34-13-14-35(29(5,6)18-34)21-9-11-22(36-7)12-10-21/h9-12,15-17,19H,8,13-14,18H2,1-7H3,(H,31,32,33). The summed E-state index contributed by atoms with van der Waals surface area (Å²) in [6.45, 7) is 15.4. The lowest BCUT2D eigenvalue weighted by Gasteiger charge is -2.48. The molecule has 1 fully saturated rings. The van der Waals surface area contributed by atoms with Crippen molar-refractivity contribution in [3.63, 3.8) is 0 Å². The van der Waals surface area contributed by atoms with E-state index in [2.05, 4.69) is 64.9 Å². The van der Waals surface area contributed by atoms with Crippen LogP contribution >= 0.6 is 0 Å². The van der Waals surface area contributed by atoms with Crippen LogP contribution in [0.25, 0.3) is 0 Å². The van der Waals surface area contributed by atoms with E-state index in [4.69, 9.17) is 9.47 Å². The van der Waals surface area contributed by atoms with Gasteiger partial charge in [-0.05, 0) is 81.1 Å². The Morgan fingerprint density at radius 2 is 1.86 bits per heavy atom. The second kappa shape index (κ2) is 10.8. The fraction of sp³-hybridized carbons (Fsp3) is 0.448. The summed E-state index contributed by atoms with van der Waals surface area (Å²) in [4.78, 5) is 13.5. The molecule has 0 amide bonds. The van der Waals surface area contributed by atoms with Crippen LogP contribution in [0.5, 0.6) is 11.5 Å². The van der Waals surface area contributed by atoms with E-state index < -0.39 is 5.82 Å². The molecule has 7 nitrogen and oxygen atoms in total. The molecular formula is C29H38FN5O2. The first-order chi connectivity index (χ1) is 17.6. The zero-order valence-electron chi connectivity index (χ0n) is 22.9. The third kappa shape index (κ3) is 5.73. The van der Waals surface area contributed by atoms with Crippen molar-refractivity contribution in [1.82, 2.24) is 9.97 Å². The van der Waals surface area contributed by atoms with E-state index in [0.717, 1.165) is 47.1 Å². The molecule has 3 aromatic rings. The van der Waals surface area contributed by atoms with Gasteiger partial charge in [-0.3, -0.25) is 0 Å². The number of benzene rings is 2. The third-order valence-corrected chi connectivity index (χ3v) is 6.83. The zero-order valence-corrected chi connectivity index (χ0v) is 22.9. The molecule has 1 saturated heterocycles. The largest absolute Gasteiger partial charge is 0.497 e. The second-order valence-electron chi connectivity index (χ2n) is 10.4. The Balaban J connectivity index is 1.56. The monoisotopic (exact) mass is 507 g/mol. The quantitative estimate of drug-likeness (QED) is 0.384. The van der Waals surface area contributed by atoms with Crippen LogP contribution < -0.4 is 24.6 Å². The van der Waals surface area contributed by atoms with Crippen LogP contribution in [-0.2, 0) is 0 Å². The number of aryl methyl sites for hydroxylation is 1. The summed E-state index contributed by atoms with van der Waals surface area (Å²) in [5.74, 6) is 2.16. The van der Waals surface area contributed by atoms with Crippen molar-refractivity contribution in [3.05, 3.63) is 59.5 Å². The molecule has 37 heavy (non-hydrogen) atoms. The topological polar surface area (TPSA) is 62.8 Å². The van der Waals surface area contributed by atoms with Gasteiger partial charge in [0.1, 0.15) is 11.5 Å². The maximum absolute atomic E-state index is 14.9. The van der Waals surface area contributed by atoms with Crippen LogP contribution in [0.1, 0.15) is 51.7 Å². The highest BCUT2D eigenvalue weighted by Gasteiger charge is 2.35. The molecule has 2 aromatic carbocycles. The Kier molecular flexibility index (Phi) is 7.76. The molecule has 8 heteroatoms. The first-order valence-corrected chi connectivity index (χ1v) is 12.9. The minimum atomic E-state index is -0.487. The van der Waals surface area contributed by atoms with Gasteiger partial charge in [-0.2, -0.15) is 4.98 Å². The average molecular weight is 508 g/mol. The molecule has 0 bridgehead atoms. The fourth-order valence-electron chi connectivity index (χ4n) is 4.86. The molecule has 0 radical (unpaired) electrons. The number of hydrogen-bond donors (Lipinski definition) is 1. The van der Waals surface area contributed by atoms with Gasteiger partial charge < -0.3 is 24.6 Å². The van der Waals surface area contributed by atoms with Gasteiger partial charge in [0.15, 0.2) is 11.6 Å². The lowest BCUT2D eigenvalue weighted by atomic mass is 9.98. The molecule has 0 aliphatic carbocycles. The minimum Gasteiger partial charge on any atom is -0.497 e. The molecule has 2 heterocycles. The average Bonchev–Trinajstić information content (AvgIpc) is 2.86. The van der Waals surface area contributed by atoms with Crippen LogP contribution in [0, 0.1) is 12.7 Å². The number of methoxy groups -OCH3 is 1. The number of ether oxygens (including phenoxy) is 2. The first kappa shape index (κ1) is 26.5. The van der Waals surface area contributed by atoms with Crippen LogP contribution in [0.15, 0.2) is 42.6 Å². The zero-order chi connectivity index (χ0) is 26.7. The number of nitrogens with one attached hydrogen (secondary N) is 1. The molecule has 0 spiro atoms. The van der Waals surface area contributed by atoms with Crippen LogP contribution in [0.3, 0.4) is 0 Å². The first-order valence-electron chi connectivity index (χ1n) is 12.9. The molecule has 1 aliphatic rings. The smallest absolute Gasteiger partial charge is 0.227 e. The molecule has 4 rings (SSSR count). The van der Waals surface area contributed by atoms with E-state index in [0.29, 0.717) is 19.1 Å². The Morgan fingerprint density at radius 1 is 1.14 bits per heavy atom. The number of halogens is 1. The Labute approximate surface area is 219 Å². The van der Waals surface area contributed by atoms with E-state index in [1.807, 2.05) is 38.1 Å². The predicted octanol–water partition coefficient (Wildman–Crippen LogP) is 6.30. The summed E-state index contributed by atoms with van der Waals surface area (Å²) in [6.07, 6.45) is 1.25. The van der Waals surface area contributed by atoms with Gasteiger partial charge >= 0.3 is 0 Å². The summed E-state index contributed by atoms with van der Waals surface area (Å²) in [5.41, 5.74) is 3.79. The molecular weight excluding hydrogens is 469 g/mol. The normalized spacial score (nSPS) is 15.2. The lowest BCUT2D eigenvalue weighted by Crippen LogP contribution is -2.60. The van der Waals surface area contributed by atoms with Gasteiger partial charge in [-0.25, -0.2) is 9.37 Å². The summed E-state index contributed by atoms with van der Waals surface area (Å²) in [7, 11) is 1.67. The summed E-state index contributed by atoms with van der Waals surface area (Å²) in [6, 6.07) is 12.2. The van der Waals surface area contributed by atoms with E-state index in [1.54, 1.807) is 7.11 Å². The third-order valence-electron chi connectivity index (χ3n) is 6.83. The Morgan fingerprint density at radius 3 is 2.49 bits per heavy atom. The van der Waals surface area contributed by atoms with E-state index in [1.165, 1.54) is 6.20 Å². The number of rotatable bonds is 8. The van der Waals surface area contributed by atoms with Gasteiger partial charge in [0.05, 0.1) is 25.5 Å². The minimum absolute atomic E-state index is 0.169. The summed E-state index contributed by atoms with van der Waals surface area (Å²) in [5, 5.41) is 3.22. The number of piperazine rings is 1. The van der Waals surface area contributed by atoms with E-state index in [-0.39, 0.29) is 17.3 Å². The molecule has 0 atom stereocenters. The Bertz CT molecular complexity index is 1230. The van der Waals surface area contributed by atoms with Crippen molar-refractivity contribution in [2.75, 3.05) is 48.5 Å². The molecule has 0 unspecified atom stereocenters. The fourth-order valence-corrected chi connectivity index (χ4v) is 4.86. The molecule has 1 aromatic heterocycles. The van der Waals surface area contributed by atoms with Crippen molar-refractivity contribution in [1.29, 1.82) is 0 Å². The van der Waals surface area contributed by atoms with Gasteiger partial charge in [0.2, 0.25) is 5.95 Å². The highest BCUT2D eigenvalue weighted by atomic mass is 19.1. The Hall–Kier alpha value is -3.55. The molecule has 1 N–H and O–H groups in total. The van der Waals surface area contributed by atoms with Gasteiger partial charge in [0, 0.05) is 31.0 Å². The van der Waals surface area contributed by atoms with E-state index >= 15 is 0 Å². The number of nitrogens with zero attached hydrogens (tertiary/aromatic N) is 4. The maximum Gasteiger partial charge on any atom is 0.227 e. The highest BCUT2D eigenvalue weighted by molar-refractivity contribution is 5.65. The van der Waals surface area contributed by atoms with Crippen LogP contribution in [0.4, 0.5) is 27.5 Å². The molecule has 1 aliphatic heterocycles. The van der Waals surface area contributed by atoms with Gasteiger partial charge in [-0.15, -0.1) is 0 Å². The predicted molar refractivity (Wildman–Crippen MR) is 148 cm³/mol. The number of hydrogen-bond acceptors (Lipinski definition) is 7. The van der Waals surface area contributed by atoms with Crippen molar-refractivity contribution in [2.45, 2.75) is 53.0 Å². The highest BCUT2D eigenvalue weighted by Crippen LogP contribution is 2.35. The van der Waals surface area contributed by atoms with Crippen molar-refractivity contribution in [2.24, 2.45) is 0 Å². The van der Waals surface area contributed by atoms with Crippen molar-refractivity contribution < 1.29 is 13.9 Å². The molecule has 198 valence electrons. The maximum atomic E-state index is 14.9. The van der Waals surface area contributed by atoms with Gasteiger partial charge in [0.25, 0.3) is 0 Å². The van der Waals surface area contributed by atoms with Crippen LogP contribution in [-0.4, -0.2) is 48.9 Å². The number of anilines is 4. The van der Waals surface area contributed by atoms with Crippen molar-refractivity contribution in [3.8, 4) is 11.5 Å². The van der Waals surface area contributed by atoms with Crippen molar-refractivity contribution >= 4 is 23.1 Å². The summed E-state index contributed by atoms with van der Waals surface area (Å²) < 4.78 is 26.0. The van der Waals surface area contributed by atoms with Crippen LogP contribution in [0.2, 0.25) is 0 Å². The SMILES string of the molecule is CCOc1cc(C)c(Nc2nc(N3CCN(c4ccc(OC)cc4)C(C)(C)C3)ncc2F)cc1C(C)C.